The summed E-state index contributed by atoms with van der Waals surface area (Å²) in [6.07, 6.45) is 0. The Morgan fingerprint density at radius 1 is 0.526 bits per heavy atom. The van der Waals surface area contributed by atoms with Crippen LogP contribution in [-0.2, 0) is 0 Å². The summed E-state index contributed by atoms with van der Waals surface area (Å²) >= 11 is 0. The Morgan fingerprint density at radius 3 is 1.95 bits per heavy atom. The van der Waals surface area contributed by atoms with Gasteiger partial charge in [-0.1, -0.05) is 59.8 Å². The van der Waals surface area contributed by atoms with Crippen molar-refractivity contribution in [1.29, 1.82) is 0 Å². The van der Waals surface area contributed by atoms with Gasteiger partial charge in [0.05, 0.1) is 0 Å². The quantitative estimate of drug-likeness (QED) is 0.258. The van der Waals surface area contributed by atoms with Gasteiger partial charge in [-0.25, -0.2) is 0 Å². The molecule has 19 heavy (non-hydrogen) atoms. The molecule has 0 fully saturated rings. The first-order chi connectivity index (χ1) is 9.33. The lowest BCUT2D eigenvalue weighted by atomic mass is 9.98. The van der Waals surface area contributed by atoms with E-state index < -0.39 is 0 Å². The van der Waals surface area contributed by atoms with Gasteiger partial charge in [-0.3, -0.25) is 0 Å². The van der Waals surface area contributed by atoms with Crippen molar-refractivity contribution < 1.29 is 0 Å². The summed E-state index contributed by atoms with van der Waals surface area (Å²) in [5, 5.41) is 9.66. The van der Waals surface area contributed by atoms with Crippen LogP contribution in [0.1, 0.15) is 0 Å². The third-order valence-corrected chi connectivity index (χ3v) is 4.76. The van der Waals surface area contributed by atoms with E-state index in [1.54, 1.807) is 0 Å². The first kappa shape index (κ1) is 10.8. The molecule has 0 unspecified atom stereocenters. The zero-order valence-corrected chi connectivity index (χ0v) is 12.9. The highest BCUT2D eigenvalue weighted by Crippen LogP contribution is 2.28. The Morgan fingerprint density at radius 2 is 1.16 bits per heavy atom. The predicted octanol–water partition coefficient (Wildman–Crippen LogP) is 3.14. The van der Waals surface area contributed by atoms with Gasteiger partial charge in [-0.05, 0) is 44.5 Å². The van der Waals surface area contributed by atoms with Crippen molar-refractivity contribution in [2.75, 3.05) is 0 Å². The van der Waals surface area contributed by atoms with E-state index in [2.05, 4.69) is 66.7 Å². The number of fused-ring (bicyclic) bond motifs is 4. The van der Waals surface area contributed by atoms with Gasteiger partial charge >= 0.3 is 0 Å². The standard InChI is InChI=1S/C18H14Si/c19-18-11-14-9-12-5-1-2-6-13(12)10-17(14)15-7-3-4-8-16(15)18/h1-11H,19H3. The molecule has 0 saturated carbocycles. The van der Waals surface area contributed by atoms with E-state index in [9.17, 15) is 0 Å². The first-order valence-corrected chi connectivity index (χ1v) is 7.64. The molecule has 0 bridgehead atoms. The van der Waals surface area contributed by atoms with Crippen molar-refractivity contribution in [2.45, 2.75) is 0 Å². The first-order valence-electron chi connectivity index (χ1n) is 6.64. The van der Waals surface area contributed by atoms with E-state index in [1.807, 2.05) is 0 Å². The topological polar surface area (TPSA) is 0 Å². The highest BCUT2D eigenvalue weighted by atomic mass is 28.1. The fourth-order valence-electron chi connectivity index (χ4n) is 2.98. The molecular weight excluding hydrogens is 244 g/mol. The summed E-state index contributed by atoms with van der Waals surface area (Å²) in [7, 11) is 1.09. The van der Waals surface area contributed by atoms with Crippen molar-refractivity contribution in [1.82, 2.24) is 0 Å². The molecule has 0 aliphatic rings. The Labute approximate surface area is 115 Å². The molecule has 4 rings (SSSR count). The molecule has 0 aliphatic heterocycles. The minimum Gasteiger partial charge on any atom is -0.0625 e. The minimum atomic E-state index is 1.09. The van der Waals surface area contributed by atoms with Gasteiger partial charge in [-0.2, -0.15) is 0 Å². The third kappa shape index (κ3) is 1.59. The van der Waals surface area contributed by atoms with Gasteiger partial charge in [0, 0.05) is 10.2 Å². The SMILES string of the molecule is [SiH3]c1cc2cc3ccccc3cc2c2ccccc12. The van der Waals surface area contributed by atoms with Crippen LogP contribution >= 0.6 is 0 Å². The van der Waals surface area contributed by atoms with Gasteiger partial charge in [0.1, 0.15) is 0 Å². The minimum absolute atomic E-state index is 1.09. The lowest BCUT2D eigenvalue weighted by Gasteiger charge is -2.09. The second-order valence-electron chi connectivity index (χ2n) is 5.16. The summed E-state index contributed by atoms with van der Waals surface area (Å²) in [4.78, 5) is 0. The van der Waals surface area contributed by atoms with Gasteiger partial charge in [0.25, 0.3) is 0 Å². The lowest BCUT2D eigenvalue weighted by molar-refractivity contribution is 1.79. The molecule has 4 aromatic rings. The predicted molar refractivity (Wildman–Crippen MR) is 88.5 cm³/mol. The molecule has 0 amide bonds. The maximum Gasteiger partial charge on any atom is 0.0393 e. The van der Waals surface area contributed by atoms with Crippen molar-refractivity contribution >= 4 is 47.7 Å². The summed E-state index contributed by atoms with van der Waals surface area (Å²) in [6, 6.07) is 24.4. The Balaban J connectivity index is 2.29. The van der Waals surface area contributed by atoms with Crippen LogP contribution in [-0.4, -0.2) is 10.2 Å². The monoisotopic (exact) mass is 258 g/mol. The molecule has 0 atom stereocenters. The molecule has 0 radical (unpaired) electrons. The summed E-state index contributed by atoms with van der Waals surface area (Å²) in [5.41, 5.74) is 0. The van der Waals surface area contributed by atoms with Crippen LogP contribution in [0.4, 0.5) is 0 Å². The van der Waals surface area contributed by atoms with Crippen molar-refractivity contribution in [3.05, 3.63) is 66.7 Å². The number of rotatable bonds is 0. The van der Waals surface area contributed by atoms with Crippen molar-refractivity contribution in [3.8, 4) is 0 Å². The zero-order chi connectivity index (χ0) is 12.8. The highest BCUT2D eigenvalue weighted by molar-refractivity contribution is 6.41. The average Bonchev–Trinajstić information content (AvgIpc) is 2.46. The maximum atomic E-state index is 2.36. The van der Waals surface area contributed by atoms with E-state index in [0.29, 0.717) is 0 Å². The maximum absolute atomic E-state index is 2.36. The van der Waals surface area contributed by atoms with E-state index in [-0.39, 0.29) is 0 Å². The van der Waals surface area contributed by atoms with E-state index in [0.717, 1.165) is 10.2 Å². The molecular formula is C18H14Si. The van der Waals surface area contributed by atoms with Crippen LogP contribution in [0.5, 0.6) is 0 Å². The van der Waals surface area contributed by atoms with Crippen LogP contribution in [0.3, 0.4) is 0 Å². The normalized spacial score (nSPS) is 11.6. The molecule has 0 aliphatic carbocycles. The summed E-state index contributed by atoms with van der Waals surface area (Å²) in [6.45, 7) is 0. The second-order valence-corrected chi connectivity index (χ2v) is 6.24. The van der Waals surface area contributed by atoms with E-state index >= 15 is 0 Å². The van der Waals surface area contributed by atoms with Crippen LogP contribution in [0.2, 0.25) is 0 Å². The van der Waals surface area contributed by atoms with Crippen LogP contribution < -0.4 is 5.19 Å². The Hall–Kier alpha value is -2.12. The van der Waals surface area contributed by atoms with Gasteiger partial charge in [0.15, 0.2) is 0 Å². The number of hydrogen-bond donors (Lipinski definition) is 0. The van der Waals surface area contributed by atoms with Crippen molar-refractivity contribution in [3.63, 3.8) is 0 Å². The highest BCUT2D eigenvalue weighted by Gasteiger charge is 2.04. The smallest absolute Gasteiger partial charge is 0.0393 e. The Bertz CT molecular complexity index is 922. The van der Waals surface area contributed by atoms with E-state index in [4.69, 9.17) is 0 Å². The molecule has 0 spiro atoms. The fourth-order valence-corrected chi connectivity index (χ4v) is 3.73. The molecule has 0 nitrogen and oxygen atoms in total. The van der Waals surface area contributed by atoms with Crippen molar-refractivity contribution in [2.24, 2.45) is 0 Å². The van der Waals surface area contributed by atoms with E-state index in [1.165, 1.54) is 37.5 Å². The molecule has 0 N–H and O–H groups in total. The van der Waals surface area contributed by atoms with Gasteiger partial charge < -0.3 is 0 Å². The van der Waals surface area contributed by atoms with Crippen LogP contribution in [0, 0.1) is 0 Å². The molecule has 4 aromatic carbocycles. The number of benzene rings is 4. The second kappa shape index (κ2) is 3.94. The molecule has 90 valence electrons. The average molecular weight is 258 g/mol. The zero-order valence-electron chi connectivity index (χ0n) is 10.9. The third-order valence-electron chi connectivity index (χ3n) is 3.93. The largest absolute Gasteiger partial charge is 0.0625 e. The van der Waals surface area contributed by atoms with Crippen LogP contribution in [0.25, 0.3) is 32.3 Å². The molecule has 0 saturated heterocycles. The number of hydrogen-bond acceptors (Lipinski definition) is 0. The van der Waals surface area contributed by atoms with Gasteiger partial charge in [-0.15, -0.1) is 0 Å². The Kier molecular flexibility index (Phi) is 2.23. The van der Waals surface area contributed by atoms with Crippen LogP contribution in [0.15, 0.2) is 66.7 Å². The summed E-state index contributed by atoms with van der Waals surface area (Å²) < 4.78 is 0. The van der Waals surface area contributed by atoms with Gasteiger partial charge in [0.2, 0.25) is 0 Å². The lowest BCUT2D eigenvalue weighted by Crippen LogP contribution is -2.03. The summed E-state index contributed by atoms with van der Waals surface area (Å²) in [5.74, 6) is 0. The molecule has 1 heteroatoms. The molecule has 0 aromatic heterocycles. The fraction of sp³-hybridized carbons (Fsp3) is 0. The molecule has 0 heterocycles.